The first-order chi connectivity index (χ1) is 14.8. The van der Waals surface area contributed by atoms with Gasteiger partial charge < -0.3 is 15.0 Å². The highest BCUT2D eigenvalue weighted by atomic mass is 19.1. The van der Waals surface area contributed by atoms with Gasteiger partial charge in [-0.2, -0.15) is 0 Å². The van der Waals surface area contributed by atoms with Gasteiger partial charge in [-0.3, -0.25) is 14.6 Å². The van der Waals surface area contributed by atoms with Gasteiger partial charge in [-0.25, -0.2) is 9.37 Å². The summed E-state index contributed by atoms with van der Waals surface area (Å²) in [5.41, 5.74) is 3.00. The lowest BCUT2D eigenvalue weighted by atomic mass is 10.0. The fourth-order valence-electron chi connectivity index (χ4n) is 3.74. The number of fused-ring (bicyclic) bond motifs is 1. The van der Waals surface area contributed by atoms with E-state index in [0.29, 0.717) is 28.8 Å². The molecular weight excluding hydrogens is 399 g/mol. The molecule has 1 amide bonds. The third kappa shape index (κ3) is 4.07. The molecule has 8 heteroatoms. The number of alkyl halides is 1. The van der Waals surface area contributed by atoms with Crippen molar-refractivity contribution in [3.63, 3.8) is 0 Å². The van der Waals surface area contributed by atoms with Crippen LogP contribution in [0.4, 0.5) is 10.2 Å². The molecule has 3 atom stereocenters. The zero-order chi connectivity index (χ0) is 22.3. The van der Waals surface area contributed by atoms with Crippen molar-refractivity contribution in [1.29, 1.82) is 0 Å². The van der Waals surface area contributed by atoms with Gasteiger partial charge in [-0.15, -0.1) is 0 Å². The summed E-state index contributed by atoms with van der Waals surface area (Å²) >= 11 is 0. The predicted octanol–water partition coefficient (Wildman–Crippen LogP) is 3.43. The van der Waals surface area contributed by atoms with E-state index in [1.54, 1.807) is 31.6 Å². The highest BCUT2D eigenvalue weighted by Crippen LogP contribution is 2.34. The number of anilines is 1. The van der Waals surface area contributed by atoms with Crippen molar-refractivity contribution in [3.8, 4) is 11.1 Å². The summed E-state index contributed by atoms with van der Waals surface area (Å²) < 4.78 is 14.6. The number of carbonyl (C=O) groups excluding carboxylic acids is 1. The van der Waals surface area contributed by atoms with Crippen molar-refractivity contribution >= 4 is 22.6 Å². The van der Waals surface area contributed by atoms with Crippen molar-refractivity contribution in [2.75, 3.05) is 5.32 Å². The standard InChI is InChI=1S/C23H25FN4O3/c1-4-5-20(29)18-6-12(2)16(11-25-18)14-7-13-10-26-21(9-19(13)28(3)23(14)31)27-22(30)15-8-17(15)24/h6-7,9-11,15,17,20,29H,4-5,8H2,1-3H3,(H,26,27,30)/t15-,17+,20?/m1/s1. The van der Waals surface area contributed by atoms with Gasteiger partial charge in [0.25, 0.3) is 5.56 Å². The molecule has 1 unspecified atom stereocenters. The second-order valence-corrected chi connectivity index (χ2v) is 8.13. The number of aliphatic hydroxyl groups is 1. The number of carbonyl (C=O) groups is 1. The molecule has 3 aromatic rings. The molecule has 0 bridgehead atoms. The molecule has 2 N–H and O–H groups in total. The second kappa shape index (κ2) is 8.19. The number of aryl methyl sites for hydroxylation is 2. The second-order valence-electron chi connectivity index (χ2n) is 8.13. The first kappa shape index (κ1) is 21.1. The van der Waals surface area contributed by atoms with Gasteiger partial charge in [0.05, 0.1) is 23.2 Å². The maximum atomic E-state index is 13.1. The molecule has 7 nitrogen and oxygen atoms in total. The fraction of sp³-hybridized carbons (Fsp3) is 0.391. The molecule has 1 aliphatic carbocycles. The van der Waals surface area contributed by atoms with Crippen LogP contribution in [0.2, 0.25) is 0 Å². The highest BCUT2D eigenvalue weighted by Gasteiger charge is 2.43. The lowest BCUT2D eigenvalue weighted by Crippen LogP contribution is -2.20. The minimum atomic E-state index is -1.08. The lowest BCUT2D eigenvalue weighted by Gasteiger charge is -2.14. The number of amides is 1. The van der Waals surface area contributed by atoms with Crippen LogP contribution in [0.5, 0.6) is 0 Å². The van der Waals surface area contributed by atoms with E-state index in [4.69, 9.17) is 0 Å². The molecule has 0 aliphatic heterocycles. The van der Waals surface area contributed by atoms with E-state index < -0.39 is 24.1 Å². The molecule has 1 saturated carbocycles. The van der Waals surface area contributed by atoms with Gasteiger partial charge in [-0.1, -0.05) is 13.3 Å². The Balaban J connectivity index is 1.70. The van der Waals surface area contributed by atoms with Gasteiger partial charge in [-0.05, 0) is 37.5 Å². The Bertz CT molecular complexity index is 1220. The van der Waals surface area contributed by atoms with Crippen LogP contribution in [0.1, 0.15) is 43.5 Å². The van der Waals surface area contributed by atoms with Gasteiger partial charge in [0.1, 0.15) is 12.0 Å². The van der Waals surface area contributed by atoms with Crippen molar-refractivity contribution < 1.29 is 14.3 Å². The Labute approximate surface area is 179 Å². The van der Waals surface area contributed by atoms with Crippen molar-refractivity contribution in [2.45, 2.75) is 45.4 Å². The number of aliphatic hydroxyl groups excluding tert-OH is 1. The van der Waals surface area contributed by atoms with Crippen LogP contribution in [0.15, 0.2) is 35.4 Å². The lowest BCUT2D eigenvalue weighted by molar-refractivity contribution is -0.117. The summed E-state index contributed by atoms with van der Waals surface area (Å²) in [6.45, 7) is 3.88. The molecule has 162 valence electrons. The van der Waals surface area contributed by atoms with E-state index in [2.05, 4.69) is 15.3 Å². The average molecular weight is 424 g/mol. The van der Waals surface area contributed by atoms with E-state index in [9.17, 15) is 19.1 Å². The Morgan fingerprint density at radius 2 is 2.03 bits per heavy atom. The third-order valence-corrected chi connectivity index (χ3v) is 5.73. The molecule has 4 rings (SSSR count). The number of halogens is 1. The van der Waals surface area contributed by atoms with Gasteiger partial charge in [0, 0.05) is 42.0 Å². The van der Waals surface area contributed by atoms with E-state index in [0.717, 1.165) is 17.4 Å². The predicted molar refractivity (Wildman–Crippen MR) is 116 cm³/mol. The number of hydrogen-bond acceptors (Lipinski definition) is 5. The number of nitrogens with zero attached hydrogens (tertiary/aromatic N) is 3. The molecule has 1 aliphatic rings. The number of aromatic nitrogens is 3. The molecule has 31 heavy (non-hydrogen) atoms. The van der Waals surface area contributed by atoms with Crippen LogP contribution in [0.3, 0.4) is 0 Å². The first-order valence-electron chi connectivity index (χ1n) is 10.4. The Kier molecular flexibility index (Phi) is 5.58. The topological polar surface area (TPSA) is 97.1 Å². The zero-order valence-corrected chi connectivity index (χ0v) is 17.7. The van der Waals surface area contributed by atoms with Gasteiger partial charge in [0.2, 0.25) is 5.91 Å². The van der Waals surface area contributed by atoms with Crippen molar-refractivity contribution in [1.82, 2.24) is 14.5 Å². The zero-order valence-electron chi connectivity index (χ0n) is 17.7. The highest BCUT2D eigenvalue weighted by molar-refractivity contribution is 5.95. The van der Waals surface area contributed by atoms with Gasteiger partial charge >= 0.3 is 0 Å². The molecule has 3 heterocycles. The van der Waals surface area contributed by atoms with E-state index in [1.165, 1.54) is 4.57 Å². The summed E-state index contributed by atoms with van der Waals surface area (Å²) in [6.07, 6.45) is 3.20. The normalized spacial score (nSPS) is 18.7. The number of rotatable bonds is 6. The van der Waals surface area contributed by atoms with Gasteiger partial charge in [0.15, 0.2) is 0 Å². The van der Waals surface area contributed by atoms with E-state index >= 15 is 0 Å². The number of hydrogen-bond donors (Lipinski definition) is 2. The summed E-state index contributed by atoms with van der Waals surface area (Å²) in [7, 11) is 1.65. The monoisotopic (exact) mass is 424 g/mol. The minimum Gasteiger partial charge on any atom is -0.387 e. The van der Waals surface area contributed by atoms with E-state index in [-0.39, 0.29) is 17.8 Å². The molecule has 0 spiro atoms. The van der Waals surface area contributed by atoms with Crippen LogP contribution < -0.4 is 10.9 Å². The SMILES string of the molecule is CCCC(O)c1cc(C)c(-c2cc3cnc(NC(=O)[C@@H]4C[C@@H]4F)cc3n(C)c2=O)cn1. The molecule has 0 aromatic carbocycles. The Hall–Kier alpha value is -3.13. The minimum absolute atomic E-state index is 0.214. The Morgan fingerprint density at radius 3 is 2.68 bits per heavy atom. The first-order valence-corrected chi connectivity index (χ1v) is 10.4. The smallest absolute Gasteiger partial charge is 0.258 e. The summed E-state index contributed by atoms with van der Waals surface area (Å²) in [4.78, 5) is 33.7. The average Bonchev–Trinajstić information content (AvgIpc) is 3.48. The number of nitrogens with one attached hydrogen (secondary N) is 1. The van der Waals surface area contributed by atoms with Crippen LogP contribution in [0, 0.1) is 12.8 Å². The molecule has 0 radical (unpaired) electrons. The van der Waals surface area contributed by atoms with Crippen LogP contribution in [-0.4, -0.2) is 31.7 Å². The molecule has 0 saturated heterocycles. The Morgan fingerprint density at radius 1 is 1.29 bits per heavy atom. The summed E-state index contributed by atoms with van der Waals surface area (Å²) in [6, 6.07) is 5.18. The van der Waals surface area contributed by atoms with Crippen LogP contribution in [-0.2, 0) is 11.8 Å². The van der Waals surface area contributed by atoms with E-state index in [1.807, 2.05) is 19.9 Å². The molecule has 1 fully saturated rings. The maximum absolute atomic E-state index is 13.1. The molecular formula is C23H25FN4O3. The number of pyridine rings is 3. The van der Waals surface area contributed by atoms with Crippen molar-refractivity contribution in [2.24, 2.45) is 13.0 Å². The van der Waals surface area contributed by atoms with Crippen LogP contribution in [0.25, 0.3) is 22.0 Å². The maximum Gasteiger partial charge on any atom is 0.258 e. The largest absolute Gasteiger partial charge is 0.387 e. The summed E-state index contributed by atoms with van der Waals surface area (Å²) in [5, 5.41) is 13.5. The molecule has 3 aromatic heterocycles. The quantitative estimate of drug-likeness (QED) is 0.632. The third-order valence-electron chi connectivity index (χ3n) is 5.73. The summed E-state index contributed by atoms with van der Waals surface area (Å²) in [5.74, 6) is -0.725. The van der Waals surface area contributed by atoms with Crippen molar-refractivity contribution in [3.05, 3.63) is 52.2 Å². The van der Waals surface area contributed by atoms with Crippen LogP contribution >= 0.6 is 0 Å². The fourth-order valence-corrected chi connectivity index (χ4v) is 3.74.